The predicted octanol–water partition coefficient (Wildman–Crippen LogP) is 2.50. The summed E-state index contributed by atoms with van der Waals surface area (Å²) in [5, 5.41) is 4.09. The number of nitrogens with one attached hydrogen (secondary N) is 1. The smallest absolute Gasteiger partial charge is 0.240 e. The molecule has 3 nitrogen and oxygen atoms in total. The topological polar surface area (TPSA) is 41.5 Å². The molecule has 0 saturated carbocycles. The molecule has 1 aromatic rings. The van der Waals surface area contributed by atoms with Crippen molar-refractivity contribution in [1.82, 2.24) is 5.43 Å². The van der Waals surface area contributed by atoms with Crippen molar-refractivity contribution in [2.45, 2.75) is 33.1 Å². The maximum Gasteiger partial charge on any atom is 0.240 e. The van der Waals surface area contributed by atoms with Crippen LogP contribution in [0.15, 0.2) is 29.4 Å². The van der Waals surface area contributed by atoms with Gasteiger partial charge in [0.05, 0.1) is 5.71 Å². The first-order valence-corrected chi connectivity index (χ1v) is 6.10. The number of hydrogen-bond donors (Lipinski definition) is 1. The van der Waals surface area contributed by atoms with Crippen molar-refractivity contribution in [3.05, 3.63) is 35.4 Å². The van der Waals surface area contributed by atoms with Crippen molar-refractivity contribution < 1.29 is 4.79 Å². The van der Waals surface area contributed by atoms with Gasteiger partial charge in [0.15, 0.2) is 0 Å². The molecule has 0 bridgehead atoms. The first-order chi connectivity index (χ1) is 8.15. The van der Waals surface area contributed by atoms with Gasteiger partial charge in [0.25, 0.3) is 0 Å². The fourth-order valence-corrected chi connectivity index (χ4v) is 1.99. The lowest BCUT2D eigenvalue weighted by molar-refractivity contribution is -0.121. The summed E-state index contributed by atoms with van der Waals surface area (Å²) >= 11 is 0. The third-order valence-electron chi connectivity index (χ3n) is 2.84. The highest BCUT2D eigenvalue weighted by Gasteiger charge is 2.12. The lowest BCUT2D eigenvalue weighted by Crippen LogP contribution is -2.25. The molecule has 1 amide bonds. The second-order valence-electron chi connectivity index (χ2n) is 4.89. The minimum atomic E-state index is 0.00479. The van der Waals surface area contributed by atoms with Gasteiger partial charge in [-0.3, -0.25) is 4.79 Å². The molecule has 0 radical (unpaired) electrons. The zero-order chi connectivity index (χ0) is 12.3. The molecule has 1 N–H and O–H groups in total. The van der Waals surface area contributed by atoms with Gasteiger partial charge in [-0.05, 0) is 23.5 Å². The van der Waals surface area contributed by atoms with Crippen molar-refractivity contribution in [2.24, 2.45) is 11.0 Å². The highest BCUT2D eigenvalue weighted by molar-refractivity contribution is 6.04. The number of carbonyl (C=O) groups excluding carboxylic acids is 1. The van der Waals surface area contributed by atoms with Gasteiger partial charge in [-0.15, -0.1) is 0 Å². The third kappa shape index (κ3) is 3.16. The van der Waals surface area contributed by atoms with Crippen LogP contribution in [0.4, 0.5) is 0 Å². The van der Waals surface area contributed by atoms with Crippen molar-refractivity contribution in [2.75, 3.05) is 0 Å². The number of hydrogen-bond acceptors (Lipinski definition) is 2. The van der Waals surface area contributed by atoms with E-state index in [0.29, 0.717) is 12.3 Å². The van der Waals surface area contributed by atoms with Crippen LogP contribution in [0.5, 0.6) is 0 Å². The second kappa shape index (κ2) is 5.13. The Labute approximate surface area is 102 Å². The molecule has 0 saturated heterocycles. The van der Waals surface area contributed by atoms with E-state index in [1.807, 2.05) is 0 Å². The molecule has 0 aliphatic carbocycles. The Morgan fingerprint density at radius 2 is 1.94 bits per heavy atom. The van der Waals surface area contributed by atoms with E-state index in [1.54, 1.807) is 0 Å². The van der Waals surface area contributed by atoms with Crippen molar-refractivity contribution in [3.63, 3.8) is 0 Å². The molecule has 1 heterocycles. The number of nitrogens with zero attached hydrogens (tertiary/aromatic N) is 1. The molecule has 2 rings (SSSR count). The van der Waals surface area contributed by atoms with Crippen LogP contribution in [0.25, 0.3) is 0 Å². The van der Waals surface area contributed by atoms with Gasteiger partial charge in [0.1, 0.15) is 0 Å². The summed E-state index contributed by atoms with van der Waals surface area (Å²) in [5.74, 6) is 0.678. The molecule has 0 spiro atoms. The van der Waals surface area contributed by atoms with Crippen LogP contribution in [0.1, 0.15) is 37.8 Å². The Kier molecular flexibility index (Phi) is 3.57. The second-order valence-corrected chi connectivity index (χ2v) is 4.89. The molecule has 0 aromatic heterocycles. The van der Waals surface area contributed by atoms with Crippen LogP contribution < -0.4 is 5.43 Å². The molecular formula is C14H18N2O. The Bertz CT molecular complexity index is 432. The van der Waals surface area contributed by atoms with E-state index in [9.17, 15) is 4.79 Å². The number of hydrazone groups is 1. The molecule has 0 fully saturated rings. The van der Waals surface area contributed by atoms with Crippen molar-refractivity contribution in [3.8, 4) is 0 Å². The Hall–Kier alpha value is -1.64. The van der Waals surface area contributed by atoms with Gasteiger partial charge in [-0.25, -0.2) is 5.43 Å². The van der Waals surface area contributed by atoms with Crippen molar-refractivity contribution >= 4 is 11.6 Å². The molecule has 3 heteroatoms. The molecule has 0 atom stereocenters. The SMILES string of the molecule is CC(C)Cc1ccc(C2=NNC(=O)CC2)cc1. The highest BCUT2D eigenvalue weighted by Crippen LogP contribution is 2.13. The number of rotatable bonds is 3. The third-order valence-corrected chi connectivity index (χ3v) is 2.84. The predicted molar refractivity (Wildman–Crippen MR) is 68.9 cm³/mol. The lowest BCUT2D eigenvalue weighted by atomic mass is 9.99. The standard InChI is InChI=1S/C14H18N2O/c1-10(2)9-11-3-5-12(6-4-11)13-7-8-14(17)16-15-13/h3-6,10H,7-9H2,1-2H3,(H,16,17). The summed E-state index contributed by atoms with van der Waals surface area (Å²) in [6.07, 6.45) is 2.37. The molecule has 90 valence electrons. The Balaban J connectivity index is 2.10. The molecular weight excluding hydrogens is 212 g/mol. The van der Waals surface area contributed by atoms with E-state index in [2.05, 4.69) is 48.6 Å². The Morgan fingerprint density at radius 3 is 2.47 bits per heavy atom. The summed E-state index contributed by atoms with van der Waals surface area (Å²) in [6.45, 7) is 4.43. The minimum Gasteiger partial charge on any atom is -0.273 e. The quantitative estimate of drug-likeness (QED) is 0.851. The summed E-state index contributed by atoms with van der Waals surface area (Å²) in [4.78, 5) is 11.0. The van der Waals surface area contributed by atoms with E-state index in [4.69, 9.17) is 0 Å². The van der Waals surface area contributed by atoms with E-state index >= 15 is 0 Å². The maximum atomic E-state index is 11.0. The maximum absolute atomic E-state index is 11.0. The molecule has 17 heavy (non-hydrogen) atoms. The van der Waals surface area contributed by atoms with Crippen LogP contribution in [0.3, 0.4) is 0 Å². The van der Waals surface area contributed by atoms with Gasteiger partial charge >= 0.3 is 0 Å². The van der Waals surface area contributed by atoms with Gasteiger partial charge in [-0.2, -0.15) is 5.10 Å². The monoisotopic (exact) mass is 230 g/mol. The van der Waals surface area contributed by atoms with Crippen LogP contribution in [0, 0.1) is 5.92 Å². The first kappa shape index (κ1) is 11.8. The van der Waals surface area contributed by atoms with Crippen LogP contribution in [-0.2, 0) is 11.2 Å². The summed E-state index contributed by atoms with van der Waals surface area (Å²) < 4.78 is 0. The normalized spacial score (nSPS) is 15.7. The van der Waals surface area contributed by atoms with E-state index in [-0.39, 0.29) is 5.91 Å². The van der Waals surface area contributed by atoms with Crippen molar-refractivity contribution in [1.29, 1.82) is 0 Å². The van der Waals surface area contributed by atoms with Crippen LogP contribution in [-0.4, -0.2) is 11.6 Å². The highest BCUT2D eigenvalue weighted by atomic mass is 16.2. The zero-order valence-corrected chi connectivity index (χ0v) is 10.4. The fourth-order valence-electron chi connectivity index (χ4n) is 1.99. The number of amides is 1. The van der Waals surface area contributed by atoms with Gasteiger partial charge in [0.2, 0.25) is 5.91 Å². The van der Waals surface area contributed by atoms with Gasteiger partial charge < -0.3 is 0 Å². The molecule has 0 unspecified atom stereocenters. The average molecular weight is 230 g/mol. The average Bonchev–Trinajstić information content (AvgIpc) is 2.30. The molecule has 1 aliphatic rings. The number of carbonyl (C=O) groups is 1. The summed E-state index contributed by atoms with van der Waals surface area (Å²) in [6, 6.07) is 8.48. The van der Waals surface area contributed by atoms with Crippen LogP contribution in [0.2, 0.25) is 0 Å². The first-order valence-electron chi connectivity index (χ1n) is 6.10. The van der Waals surface area contributed by atoms with E-state index in [0.717, 1.165) is 24.1 Å². The lowest BCUT2D eigenvalue weighted by Gasteiger charge is -2.12. The van der Waals surface area contributed by atoms with Gasteiger partial charge in [-0.1, -0.05) is 38.1 Å². The van der Waals surface area contributed by atoms with Crippen LogP contribution >= 0.6 is 0 Å². The fraction of sp³-hybridized carbons (Fsp3) is 0.429. The van der Waals surface area contributed by atoms with E-state index < -0.39 is 0 Å². The number of benzene rings is 1. The largest absolute Gasteiger partial charge is 0.273 e. The Morgan fingerprint density at radius 1 is 1.24 bits per heavy atom. The molecule has 1 aliphatic heterocycles. The minimum absolute atomic E-state index is 0.00479. The summed E-state index contributed by atoms with van der Waals surface area (Å²) in [7, 11) is 0. The summed E-state index contributed by atoms with van der Waals surface area (Å²) in [5.41, 5.74) is 5.96. The molecule has 1 aromatic carbocycles. The zero-order valence-electron chi connectivity index (χ0n) is 10.4. The van der Waals surface area contributed by atoms with Gasteiger partial charge in [0, 0.05) is 12.8 Å². The van der Waals surface area contributed by atoms with E-state index in [1.165, 1.54) is 5.56 Å².